The maximum absolute atomic E-state index is 12.4. The second-order valence-electron chi connectivity index (χ2n) is 5.75. The molecule has 0 aliphatic carbocycles. The molecule has 0 saturated carbocycles. The maximum Gasteiger partial charge on any atom is 0.266 e. The van der Waals surface area contributed by atoms with Gasteiger partial charge in [-0.15, -0.1) is 0 Å². The van der Waals surface area contributed by atoms with Gasteiger partial charge in [0.1, 0.15) is 10.9 Å². The normalized spacial score (nSPS) is 15.5. The van der Waals surface area contributed by atoms with Crippen LogP contribution in [0.25, 0.3) is 6.08 Å². The SMILES string of the molecule is CCN1C(=O)/C(=C\c2ccc(OC)c(OCc3ccc(Cl)cc3)c2)SC1=S. The molecule has 0 N–H and O–H groups in total. The number of nitrogens with zero attached hydrogens (tertiary/aromatic N) is 1. The lowest BCUT2D eigenvalue weighted by molar-refractivity contribution is -0.121. The Bertz CT molecular complexity index is 897. The Balaban J connectivity index is 1.81. The fourth-order valence-corrected chi connectivity index (χ4v) is 4.07. The van der Waals surface area contributed by atoms with Gasteiger partial charge in [0.15, 0.2) is 11.5 Å². The third-order valence-corrected chi connectivity index (χ3v) is 5.61. The lowest BCUT2D eigenvalue weighted by Gasteiger charge is -2.12. The number of hydrogen-bond acceptors (Lipinski definition) is 5. The first-order valence-corrected chi connectivity index (χ1v) is 9.92. The summed E-state index contributed by atoms with van der Waals surface area (Å²) in [4.78, 5) is 14.6. The van der Waals surface area contributed by atoms with Crippen LogP contribution in [0.1, 0.15) is 18.1 Å². The van der Waals surface area contributed by atoms with E-state index in [9.17, 15) is 4.79 Å². The molecule has 140 valence electrons. The van der Waals surface area contributed by atoms with Gasteiger partial charge in [-0.2, -0.15) is 0 Å². The highest BCUT2D eigenvalue weighted by molar-refractivity contribution is 8.26. The molecule has 0 bridgehead atoms. The van der Waals surface area contributed by atoms with E-state index in [1.807, 2.05) is 55.5 Å². The summed E-state index contributed by atoms with van der Waals surface area (Å²) in [5.41, 5.74) is 1.84. The summed E-state index contributed by atoms with van der Waals surface area (Å²) in [6.07, 6.45) is 1.82. The molecule has 1 aliphatic heterocycles. The highest BCUT2D eigenvalue weighted by atomic mass is 35.5. The zero-order chi connectivity index (χ0) is 19.4. The van der Waals surface area contributed by atoms with Crippen molar-refractivity contribution < 1.29 is 14.3 Å². The van der Waals surface area contributed by atoms with Gasteiger partial charge in [-0.1, -0.05) is 53.8 Å². The zero-order valence-corrected chi connectivity index (χ0v) is 17.3. The Hall–Kier alpha value is -2.02. The molecule has 0 spiro atoms. The largest absolute Gasteiger partial charge is 0.493 e. The Kier molecular flexibility index (Phi) is 6.42. The van der Waals surface area contributed by atoms with Gasteiger partial charge >= 0.3 is 0 Å². The average molecular weight is 420 g/mol. The maximum atomic E-state index is 12.4. The number of thioether (sulfide) groups is 1. The summed E-state index contributed by atoms with van der Waals surface area (Å²) >= 11 is 12.5. The predicted octanol–water partition coefficient (Wildman–Crippen LogP) is 5.15. The summed E-state index contributed by atoms with van der Waals surface area (Å²) in [5.74, 6) is 1.17. The van der Waals surface area contributed by atoms with Crippen LogP contribution in [-0.2, 0) is 11.4 Å². The lowest BCUT2D eigenvalue weighted by atomic mass is 10.1. The highest BCUT2D eigenvalue weighted by Gasteiger charge is 2.30. The summed E-state index contributed by atoms with van der Waals surface area (Å²) in [6.45, 7) is 2.86. The number of benzene rings is 2. The van der Waals surface area contributed by atoms with Gasteiger partial charge in [0.2, 0.25) is 0 Å². The number of likely N-dealkylation sites (N-methyl/N-ethyl adjacent to an activating group) is 1. The van der Waals surface area contributed by atoms with E-state index in [0.29, 0.717) is 38.9 Å². The first-order chi connectivity index (χ1) is 13.0. The third kappa shape index (κ3) is 4.64. The molecule has 0 aromatic heterocycles. The Labute approximate surface area is 173 Å². The van der Waals surface area contributed by atoms with Crippen molar-refractivity contribution in [3.63, 3.8) is 0 Å². The van der Waals surface area contributed by atoms with E-state index in [4.69, 9.17) is 33.3 Å². The van der Waals surface area contributed by atoms with Crippen LogP contribution in [0.4, 0.5) is 0 Å². The molecule has 0 unspecified atom stereocenters. The van der Waals surface area contributed by atoms with Gasteiger partial charge in [0.25, 0.3) is 5.91 Å². The summed E-state index contributed by atoms with van der Waals surface area (Å²) in [5, 5.41) is 0.683. The van der Waals surface area contributed by atoms with Crippen LogP contribution in [0.15, 0.2) is 47.4 Å². The standard InChI is InChI=1S/C20H18ClNO3S2/c1-3-22-19(23)18(27-20(22)26)11-14-6-9-16(24-2)17(10-14)25-12-13-4-7-15(21)8-5-13/h4-11H,3,12H2,1-2H3/b18-11+. The van der Waals surface area contributed by atoms with Crippen molar-refractivity contribution in [2.45, 2.75) is 13.5 Å². The van der Waals surface area contributed by atoms with E-state index >= 15 is 0 Å². The number of amides is 1. The van der Waals surface area contributed by atoms with Crippen molar-refractivity contribution in [1.29, 1.82) is 0 Å². The van der Waals surface area contributed by atoms with Crippen LogP contribution >= 0.6 is 35.6 Å². The number of ether oxygens (including phenoxy) is 2. The molecule has 1 fully saturated rings. The van der Waals surface area contributed by atoms with E-state index in [-0.39, 0.29) is 5.91 Å². The first kappa shape index (κ1) is 19.7. The molecule has 7 heteroatoms. The molecule has 2 aromatic carbocycles. The van der Waals surface area contributed by atoms with Crippen LogP contribution in [0, 0.1) is 0 Å². The second kappa shape index (κ2) is 8.78. The lowest BCUT2D eigenvalue weighted by Crippen LogP contribution is -2.27. The van der Waals surface area contributed by atoms with Crippen molar-refractivity contribution >= 4 is 51.9 Å². The number of hydrogen-bond donors (Lipinski definition) is 0. The molecule has 1 aliphatic rings. The van der Waals surface area contributed by atoms with Crippen molar-refractivity contribution in [2.24, 2.45) is 0 Å². The molecule has 0 atom stereocenters. The quantitative estimate of drug-likeness (QED) is 0.478. The van der Waals surface area contributed by atoms with Gasteiger partial charge in [0, 0.05) is 11.6 Å². The van der Waals surface area contributed by atoms with E-state index in [1.165, 1.54) is 11.8 Å². The zero-order valence-electron chi connectivity index (χ0n) is 14.9. The van der Waals surface area contributed by atoms with E-state index in [2.05, 4.69) is 0 Å². The summed E-state index contributed by atoms with van der Waals surface area (Å²) in [6, 6.07) is 13.0. The monoisotopic (exact) mass is 419 g/mol. The number of methoxy groups -OCH3 is 1. The smallest absolute Gasteiger partial charge is 0.266 e. The minimum Gasteiger partial charge on any atom is -0.493 e. The third-order valence-electron chi connectivity index (χ3n) is 3.98. The topological polar surface area (TPSA) is 38.8 Å². The minimum absolute atomic E-state index is 0.0630. The van der Waals surface area contributed by atoms with Crippen LogP contribution in [-0.4, -0.2) is 28.8 Å². The molecule has 4 nitrogen and oxygen atoms in total. The number of carbonyl (C=O) groups excluding carboxylic acids is 1. The fourth-order valence-electron chi connectivity index (χ4n) is 2.56. The van der Waals surface area contributed by atoms with Crippen molar-refractivity contribution in [1.82, 2.24) is 4.90 Å². The number of thiocarbonyl (C=S) groups is 1. The van der Waals surface area contributed by atoms with Crippen molar-refractivity contribution in [3.05, 3.63) is 63.5 Å². The fraction of sp³-hybridized carbons (Fsp3) is 0.200. The van der Waals surface area contributed by atoms with Crippen LogP contribution in [0.5, 0.6) is 11.5 Å². The summed E-state index contributed by atoms with van der Waals surface area (Å²) < 4.78 is 11.9. The van der Waals surface area contributed by atoms with E-state index in [1.54, 1.807) is 12.0 Å². The molecule has 1 heterocycles. The minimum atomic E-state index is -0.0630. The number of carbonyl (C=O) groups is 1. The Morgan fingerprint density at radius 2 is 1.93 bits per heavy atom. The van der Waals surface area contributed by atoms with Gasteiger partial charge < -0.3 is 9.47 Å². The van der Waals surface area contributed by atoms with Gasteiger partial charge in [-0.25, -0.2) is 0 Å². The molecular formula is C20H18ClNO3S2. The Morgan fingerprint density at radius 1 is 1.19 bits per heavy atom. The molecule has 1 saturated heterocycles. The molecule has 3 rings (SSSR count). The summed E-state index contributed by atoms with van der Waals surface area (Å²) in [7, 11) is 1.59. The number of halogens is 1. The predicted molar refractivity (Wildman–Crippen MR) is 114 cm³/mol. The van der Waals surface area contributed by atoms with Gasteiger partial charge in [0.05, 0.1) is 12.0 Å². The van der Waals surface area contributed by atoms with Crippen LogP contribution in [0.2, 0.25) is 5.02 Å². The van der Waals surface area contributed by atoms with Crippen LogP contribution in [0.3, 0.4) is 0 Å². The van der Waals surface area contributed by atoms with Crippen LogP contribution < -0.4 is 9.47 Å². The molecular weight excluding hydrogens is 402 g/mol. The second-order valence-corrected chi connectivity index (χ2v) is 7.86. The van der Waals surface area contributed by atoms with Crippen molar-refractivity contribution in [2.75, 3.05) is 13.7 Å². The first-order valence-electron chi connectivity index (χ1n) is 8.32. The Morgan fingerprint density at radius 3 is 2.56 bits per heavy atom. The van der Waals surface area contributed by atoms with Gasteiger partial charge in [-0.05, 0) is 48.4 Å². The average Bonchev–Trinajstić information content (AvgIpc) is 2.94. The van der Waals surface area contributed by atoms with Gasteiger partial charge in [-0.3, -0.25) is 9.69 Å². The molecule has 27 heavy (non-hydrogen) atoms. The van der Waals surface area contributed by atoms with E-state index < -0.39 is 0 Å². The molecule has 2 aromatic rings. The number of rotatable bonds is 6. The molecule has 1 amide bonds. The highest BCUT2D eigenvalue weighted by Crippen LogP contribution is 2.34. The van der Waals surface area contributed by atoms with E-state index in [0.717, 1.165) is 11.1 Å². The van der Waals surface area contributed by atoms with Crippen molar-refractivity contribution in [3.8, 4) is 11.5 Å². The molecule has 0 radical (unpaired) electrons.